The summed E-state index contributed by atoms with van der Waals surface area (Å²) in [6.07, 6.45) is 1.58. The van der Waals surface area contributed by atoms with Gasteiger partial charge in [0, 0.05) is 6.20 Å². The molecule has 2 rings (SSSR count). The number of carbonyl (C=O) groups is 1. The van der Waals surface area contributed by atoms with E-state index in [-0.39, 0.29) is 17.4 Å². The Kier molecular flexibility index (Phi) is 3.46. The number of aromatic carboxylic acids is 1. The Bertz CT molecular complexity index is 585. The van der Waals surface area contributed by atoms with Crippen LogP contribution in [0.5, 0.6) is 5.75 Å². The fourth-order valence-corrected chi connectivity index (χ4v) is 1.87. The van der Waals surface area contributed by atoms with Crippen molar-refractivity contribution in [1.29, 1.82) is 0 Å². The number of ether oxygens (including phenoxy) is 1. The van der Waals surface area contributed by atoms with E-state index >= 15 is 0 Å². The van der Waals surface area contributed by atoms with Crippen molar-refractivity contribution in [2.75, 3.05) is 5.73 Å². The van der Waals surface area contributed by atoms with E-state index in [0.29, 0.717) is 5.69 Å². The van der Waals surface area contributed by atoms with Crippen molar-refractivity contribution in [3.63, 3.8) is 0 Å². The quantitative estimate of drug-likeness (QED) is 0.788. The van der Waals surface area contributed by atoms with Gasteiger partial charge in [0.15, 0.2) is 0 Å². The number of nitrogens with two attached hydrogens (primary N) is 1. The van der Waals surface area contributed by atoms with Crippen molar-refractivity contribution in [2.45, 2.75) is 20.0 Å². The molecular formula is C14H16N2O3. The maximum atomic E-state index is 11.2. The summed E-state index contributed by atoms with van der Waals surface area (Å²) in [4.78, 5) is 14.1. The molecule has 0 saturated heterocycles. The second kappa shape index (κ2) is 5.06. The zero-order chi connectivity index (χ0) is 14.0. The first-order chi connectivity index (χ1) is 8.99. The lowest BCUT2D eigenvalue weighted by atomic mass is 10.1. The number of anilines is 1. The van der Waals surface area contributed by atoms with Crippen molar-refractivity contribution in [2.24, 2.45) is 0 Å². The summed E-state index contributed by atoms with van der Waals surface area (Å²) in [6, 6.07) is 7.21. The van der Waals surface area contributed by atoms with Gasteiger partial charge in [0.2, 0.25) is 0 Å². The average molecular weight is 260 g/mol. The third kappa shape index (κ3) is 2.70. The number of aromatic amines is 1. The lowest BCUT2D eigenvalue weighted by molar-refractivity contribution is 0.0699. The molecule has 0 fully saturated rings. The zero-order valence-corrected chi connectivity index (χ0v) is 10.8. The van der Waals surface area contributed by atoms with Gasteiger partial charge in [-0.3, -0.25) is 0 Å². The Morgan fingerprint density at radius 2 is 1.95 bits per heavy atom. The van der Waals surface area contributed by atoms with Crippen LogP contribution < -0.4 is 10.5 Å². The second-order valence-electron chi connectivity index (χ2n) is 4.49. The molecule has 100 valence electrons. The van der Waals surface area contributed by atoms with Gasteiger partial charge in [-0.05, 0) is 43.7 Å². The molecule has 0 bridgehead atoms. The van der Waals surface area contributed by atoms with Crippen LogP contribution in [-0.2, 0) is 0 Å². The van der Waals surface area contributed by atoms with Crippen molar-refractivity contribution in [1.82, 2.24) is 4.98 Å². The van der Waals surface area contributed by atoms with Gasteiger partial charge < -0.3 is 20.6 Å². The first kappa shape index (κ1) is 13.0. The van der Waals surface area contributed by atoms with Crippen LogP contribution in [0.15, 0.2) is 30.5 Å². The van der Waals surface area contributed by atoms with Gasteiger partial charge >= 0.3 is 5.97 Å². The van der Waals surface area contributed by atoms with E-state index in [0.717, 1.165) is 11.3 Å². The number of H-pyrrole nitrogens is 1. The van der Waals surface area contributed by atoms with E-state index in [1.807, 2.05) is 13.8 Å². The maximum Gasteiger partial charge on any atom is 0.340 e. The standard InChI is InChI=1S/C14H16N2O3/c1-8(2)19-10-5-3-9(4-6-10)13-12(14(17)18)11(15)7-16-13/h3-8,16H,15H2,1-2H3,(H,17,18). The van der Waals surface area contributed by atoms with Gasteiger partial charge in [-0.15, -0.1) is 0 Å². The highest BCUT2D eigenvalue weighted by Gasteiger charge is 2.17. The molecule has 19 heavy (non-hydrogen) atoms. The topological polar surface area (TPSA) is 88.3 Å². The number of benzene rings is 1. The highest BCUT2D eigenvalue weighted by molar-refractivity contribution is 6.00. The van der Waals surface area contributed by atoms with Crippen LogP contribution in [0.2, 0.25) is 0 Å². The molecule has 1 heterocycles. The molecule has 0 spiro atoms. The number of carboxylic acid groups (broad SMARTS) is 1. The highest BCUT2D eigenvalue weighted by atomic mass is 16.5. The van der Waals surface area contributed by atoms with Gasteiger partial charge in [-0.1, -0.05) is 0 Å². The minimum atomic E-state index is -1.05. The number of hydrogen-bond acceptors (Lipinski definition) is 3. The van der Waals surface area contributed by atoms with Crippen LogP contribution in [-0.4, -0.2) is 22.2 Å². The first-order valence-corrected chi connectivity index (χ1v) is 5.96. The summed E-state index contributed by atoms with van der Waals surface area (Å²) in [6.45, 7) is 3.89. The fraction of sp³-hybridized carbons (Fsp3) is 0.214. The van der Waals surface area contributed by atoms with E-state index in [4.69, 9.17) is 15.6 Å². The van der Waals surface area contributed by atoms with Crippen molar-refractivity contribution < 1.29 is 14.6 Å². The Hall–Kier alpha value is -2.43. The Labute approximate surface area is 111 Å². The van der Waals surface area contributed by atoms with E-state index in [1.165, 1.54) is 6.20 Å². The molecule has 0 amide bonds. The molecule has 0 atom stereocenters. The Balaban J connectivity index is 2.35. The lowest BCUT2D eigenvalue weighted by Crippen LogP contribution is -2.05. The summed E-state index contributed by atoms with van der Waals surface area (Å²) in [7, 11) is 0. The second-order valence-corrected chi connectivity index (χ2v) is 4.49. The molecule has 0 unspecified atom stereocenters. The molecule has 1 aromatic heterocycles. The highest BCUT2D eigenvalue weighted by Crippen LogP contribution is 2.28. The number of rotatable bonds is 4. The molecule has 0 aliphatic heterocycles. The fourth-order valence-electron chi connectivity index (χ4n) is 1.87. The van der Waals surface area contributed by atoms with Gasteiger partial charge in [0.1, 0.15) is 11.3 Å². The molecule has 5 nitrogen and oxygen atoms in total. The summed E-state index contributed by atoms with van der Waals surface area (Å²) in [5, 5.41) is 9.15. The molecule has 0 aliphatic rings. The molecule has 0 radical (unpaired) electrons. The van der Waals surface area contributed by atoms with Gasteiger partial charge in [0.25, 0.3) is 0 Å². The van der Waals surface area contributed by atoms with E-state index in [2.05, 4.69) is 4.98 Å². The smallest absolute Gasteiger partial charge is 0.340 e. The predicted molar refractivity (Wildman–Crippen MR) is 73.4 cm³/mol. The zero-order valence-electron chi connectivity index (χ0n) is 10.8. The molecule has 2 aromatic rings. The van der Waals surface area contributed by atoms with E-state index < -0.39 is 5.97 Å². The third-order valence-electron chi connectivity index (χ3n) is 2.64. The molecule has 5 heteroatoms. The average Bonchev–Trinajstić information content (AvgIpc) is 2.71. The van der Waals surface area contributed by atoms with Crippen LogP contribution >= 0.6 is 0 Å². The molecular weight excluding hydrogens is 244 g/mol. The van der Waals surface area contributed by atoms with Crippen LogP contribution in [0.3, 0.4) is 0 Å². The van der Waals surface area contributed by atoms with Crippen LogP contribution in [0.4, 0.5) is 5.69 Å². The van der Waals surface area contributed by atoms with E-state index in [1.54, 1.807) is 24.3 Å². The molecule has 1 aromatic carbocycles. The first-order valence-electron chi connectivity index (χ1n) is 5.96. The Morgan fingerprint density at radius 3 is 2.47 bits per heavy atom. The van der Waals surface area contributed by atoms with Crippen LogP contribution in [0, 0.1) is 0 Å². The largest absolute Gasteiger partial charge is 0.491 e. The predicted octanol–water partition coefficient (Wildman–Crippen LogP) is 2.75. The summed E-state index contributed by atoms with van der Waals surface area (Å²) < 4.78 is 5.54. The minimum Gasteiger partial charge on any atom is -0.491 e. The minimum absolute atomic E-state index is 0.0949. The lowest BCUT2D eigenvalue weighted by Gasteiger charge is -2.10. The number of nitrogen functional groups attached to an aromatic ring is 1. The van der Waals surface area contributed by atoms with Gasteiger partial charge in [-0.2, -0.15) is 0 Å². The maximum absolute atomic E-state index is 11.2. The molecule has 0 saturated carbocycles. The normalized spacial score (nSPS) is 10.7. The number of nitrogens with one attached hydrogen (secondary N) is 1. The van der Waals surface area contributed by atoms with Crippen molar-refractivity contribution in [3.8, 4) is 17.0 Å². The van der Waals surface area contributed by atoms with Crippen molar-refractivity contribution >= 4 is 11.7 Å². The van der Waals surface area contributed by atoms with Gasteiger partial charge in [0.05, 0.1) is 17.5 Å². The number of hydrogen-bond donors (Lipinski definition) is 3. The van der Waals surface area contributed by atoms with Gasteiger partial charge in [-0.25, -0.2) is 4.79 Å². The summed E-state index contributed by atoms with van der Waals surface area (Å²) in [5.74, 6) is -0.300. The van der Waals surface area contributed by atoms with E-state index in [9.17, 15) is 4.79 Å². The molecule has 4 N–H and O–H groups in total. The molecule has 0 aliphatic carbocycles. The summed E-state index contributed by atoms with van der Waals surface area (Å²) in [5.41, 5.74) is 7.22. The number of carboxylic acids is 1. The summed E-state index contributed by atoms with van der Waals surface area (Å²) >= 11 is 0. The SMILES string of the molecule is CC(C)Oc1ccc(-c2[nH]cc(N)c2C(=O)O)cc1. The van der Waals surface area contributed by atoms with Crippen LogP contribution in [0.25, 0.3) is 11.3 Å². The van der Waals surface area contributed by atoms with Crippen LogP contribution in [0.1, 0.15) is 24.2 Å². The monoisotopic (exact) mass is 260 g/mol. The number of aromatic nitrogens is 1. The third-order valence-corrected chi connectivity index (χ3v) is 2.64. The Morgan fingerprint density at radius 1 is 1.32 bits per heavy atom. The van der Waals surface area contributed by atoms with Crippen molar-refractivity contribution in [3.05, 3.63) is 36.0 Å².